The Morgan fingerprint density at radius 1 is 1.83 bits per heavy atom. The smallest absolute Gasteiger partial charge is 0.163 e. The SMILES string of the molecule is COc1ccoc1C(N)CC#N. The van der Waals surface area contributed by atoms with Crippen molar-refractivity contribution in [1.82, 2.24) is 0 Å². The number of hydrogen-bond acceptors (Lipinski definition) is 4. The van der Waals surface area contributed by atoms with Crippen molar-refractivity contribution in [2.75, 3.05) is 7.11 Å². The fraction of sp³-hybridized carbons (Fsp3) is 0.375. The van der Waals surface area contributed by atoms with Crippen molar-refractivity contribution in [2.45, 2.75) is 12.5 Å². The van der Waals surface area contributed by atoms with E-state index in [4.69, 9.17) is 20.1 Å². The average molecular weight is 166 g/mol. The van der Waals surface area contributed by atoms with Crippen LogP contribution in [0.4, 0.5) is 0 Å². The van der Waals surface area contributed by atoms with Crippen LogP contribution in [0.1, 0.15) is 18.2 Å². The van der Waals surface area contributed by atoms with E-state index in [1.54, 1.807) is 6.07 Å². The minimum absolute atomic E-state index is 0.226. The highest BCUT2D eigenvalue weighted by Gasteiger charge is 2.14. The lowest BCUT2D eigenvalue weighted by Gasteiger charge is -2.05. The zero-order valence-electron chi connectivity index (χ0n) is 6.78. The molecule has 0 fully saturated rings. The number of nitrogens with zero attached hydrogens (tertiary/aromatic N) is 1. The summed E-state index contributed by atoms with van der Waals surface area (Å²) in [6, 6.07) is 3.24. The number of methoxy groups -OCH3 is 1. The number of furan rings is 1. The summed E-state index contributed by atoms with van der Waals surface area (Å²) in [6.45, 7) is 0. The molecule has 1 atom stereocenters. The summed E-state index contributed by atoms with van der Waals surface area (Å²) in [6.07, 6.45) is 1.72. The summed E-state index contributed by atoms with van der Waals surface area (Å²) in [5.41, 5.74) is 5.63. The van der Waals surface area contributed by atoms with Crippen molar-refractivity contribution in [1.29, 1.82) is 5.26 Å². The molecule has 0 saturated heterocycles. The molecule has 4 heteroatoms. The van der Waals surface area contributed by atoms with E-state index in [-0.39, 0.29) is 6.42 Å². The predicted octanol–water partition coefficient (Wildman–Crippen LogP) is 1.20. The van der Waals surface area contributed by atoms with Crippen molar-refractivity contribution >= 4 is 0 Å². The molecular weight excluding hydrogens is 156 g/mol. The van der Waals surface area contributed by atoms with E-state index in [0.29, 0.717) is 11.5 Å². The monoisotopic (exact) mass is 166 g/mol. The van der Waals surface area contributed by atoms with E-state index in [2.05, 4.69) is 0 Å². The van der Waals surface area contributed by atoms with Crippen LogP contribution in [-0.4, -0.2) is 7.11 Å². The van der Waals surface area contributed by atoms with E-state index < -0.39 is 6.04 Å². The van der Waals surface area contributed by atoms with Crippen molar-refractivity contribution in [3.05, 3.63) is 18.1 Å². The van der Waals surface area contributed by atoms with Gasteiger partial charge in [-0.15, -0.1) is 0 Å². The number of ether oxygens (including phenoxy) is 1. The molecule has 0 amide bonds. The van der Waals surface area contributed by atoms with Gasteiger partial charge >= 0.3 is 0 Å². The summed E-state index contributed by atoms with van der Waals surface area (Å²) >= 11 is 0. The van der Waals surface area contributed by atoms with Crippen molar-refractivity contribution < 1.29 is 9.15 Å². The van der Waals surface area contributed by atoms with Gasteiger partial charge < -0.3 is 14.9 Å². The van der Waals surface area contributed by atoms with Crippen molar-refractivity contribution in [2.24, 2.45) is 5.73 Å². The fourth-order valence-electron chi connectivity index (χ4n) is 0.939. The normalized spacial score (nSPS) is 12.1. The van der Waals surface area contributed by atoms with Crippen LogP contribution in [0.5, 0.6) is 5.75 Å². The van der Waals surface area contributed by atoms with Crippen LogP contribution in [0, 0.1) is 11.3 Å². The average Bonchev–Trinajstić information content (AvgIpc) is 2.51. The van der Waals surface area contributed by atoms with E-state index in [1.165, 1.54) is 13.4 Å². The molecular formula is C8H10N2O2. The topological polar surface area (TPSA) is 72.2 Å². The number of hydrogen-bond donors (Lipinski definition) is 1. The van der Waals surface area contributed by atoms with Gasteiger partial charge in [0.2, 0.25) is 0 Å². The van der Waals surface area contributed by atoms with Gasteiger partial charge in [0.1, 0.15) is 0 Å². The maximum atomic E-state index is 8.39. The van der Waals surface area contributed by atoms with Gasteiger partial charge in [0.05, 0.1) is 31.9 Å². The zero-order valence-corrected chi connectivity index (χ0v) is 6.78. The molecule has 0 saturated carbocycles. The zero-order chi connectivity index (χ0) is 8.97. The molecule has 0 aliphatic carbocycles. The highest BCUT2D eigenvalue weighted by atomic mass is 16.5. The predicted molar refractivity (Wildman–Crippen MR) is 42.4 cm³/mol. The molecule has 0 radical (unpaired) electrons. The van der Waals surface area contributed by atoms with Crippen LogP contribution >= 0.6 is 0 Å². The lowest BCUT2D eigenvalue weighted by atomic mass is 10.2. The minimum Gasteiger partial charge on any atom is -0.493 e. The maximum Gasteiger partial charge on any atom is 0.163 e. The summed E-state index contributed by atoms with van der Waals surface area (Å²) in [7, 11) is 1.54. The van der Waals surface area contributed by atoms with Crippen LogP contribution in [-0.2, 0) is 0 Å². The largest absolute Gasteiger partial charge is 0.493 e. The van der Waals surface area contributed by atoms with Crippen LogP contribution in [0.3, 0.4) is 0 Å². The van der Waals surface area contributed by atoms with Crippen LogP contribution < -0.4 is 10.5 Å². The van der Waals surface area contributed by atoms with E-state index in [0.717, 1.165) is 0 Å². The third-order valence-corrected chi connectivity index (χ3v) is 1.53. The minimum atomic E-state index is -0.403. The first-order chi connectivity index (χ1) is 5.79. The van der Waals surface area contributed by atoms with Gasteiger partial charge in [-0.2, -0.15) is 5.26 Å². The molecule has 1 aromatic heterocycles. The molecule has 0 spiro atoms. The molecule has 4 nitrogen and oxygen atoms in total. The summed E-state index contributed by atoms with van der Waals surface area (Å²) in [4.78, 5) is 0. The maximum absolute atomic E-state index is 8.39. The molecule has 1 heterocycles. The lowest BCUT2D eigenvalue weighted by molar-refractivity contribution is 0.378. The van der Waals surface area contributed by atoms with E-state index >= 15 is 0 Å². The van der Waals surface area contributed by atoms with Gasteiger partial charge in [-0.05, 0) is 0 Å². The fourth-order valence-corrected chi connectivity index (χ4v) is 0.939. The van der Waals surface area contributed by atoms with Gasteiger partial charge in [0.25, 0.3) is 0 Å². The first-order valence-electron chi connectivity index (χ1n) is 3.53. The van der Waals surface area contributed by atoms with Gasteiger partial charge in [0, 0.05) is 6.07 Å². The second kappa shape index (κ2) is 3.79. The molecule has 0 bridgehead atoms. The number of rotatable bonds is 3. The lowest BCUT2D eigenvalue weighted by Crippen LogP contribution is -2.09. The van der Waals surface area contributed by atoms with Crippen LogP contribution in [0.15, 0.2) is 16.7 Å². The summed E-state index contributed by atoms with van der Waals surface area (Å²) in [5.74, 6) is 1.12. The Labute approximate surface area is 70.5 Å². The summed E-state index contributed by atoms with van der Waals surface area (Å²) < 4.78 is 10.0. The number of nitrogens with two attached hydrogens (primary N) is 1. The Kier molecular flexibility index (Phi) is 2.72. The quantitative estimate of drug-likeness (QED) is 0.732. The molecule has 0 aliphatic rings. The van der Waals surface area contributed by atoms with E-state index in [1.807, 2.05) is 6.07 Å². The Hall–Kier alpha value is -1.47. The van der Waals surface area contributed by atoms with Crippen LogP contribution in [0.2, 0.25) is 0 Å². The molecule has 1 aromatic rings. The Bertz CT molecular complexity index is 287. The Morgan fingerprint density at radius 2 is 2.58 bits per heavy atom. The van der Waals surface area contributed by atoms with E-state index in [9.17, 15) is 0 Å². The molecule has 2 N–H and O–H groups in total. The standard InChI is InChI=1S/C8H10N2O2/c1-11-7-3-5-12-8(7)6(10)2-4-9/h3,5-6H,2,10H2,1H3. The first-order valence-corrected chi connectivity index (χ1v) is 3.53. The number of nitriles is 1. The van der Waals surface area contributed by atoms with Crippen molar-refractivity contribution in [3.63, 3.8) is 0 Å². The second-order valence-corrected chi connectivity index (χ2v) is 2.32. The molecule has 0 aliphatic heterocycles. The Morgan fingerprint density at radius 3 is 3.17 bits per heavy atom. The highest BCUT2D eigenvalue weighted by molar-refractivity contribution is 5.27. The third-order valence-electron chi connectivity index (χ3n) is 1.53. The second-order valence-electron chi connectivity index (χ2n) is 2.32. The van der Waals surface area contributed by atoms with Gasteiger partial charge in [-0.25, -0.2) is 0 Å². The highest BCUT2D eigenvalue weighted by Crippen LogP contribution is 2.25. The van der Waals surface area contributed by atoms with Gasteiger partial charge in [-0.1, -0.05) is 0 Å². The molecule has 64 valence electrons. The molecule has 1 rings (SSSR count). The van der Waals surface area contributed by atoms with Crippen molar-refractivity contribution in [3.8, 4) is 11.8 Å². The third kappa shape index (κ3) is 1.57. The molecule has 0 aromatic carbocycles. The molecule has 1 unspecified atom stereocenters. The van der Waals surface area contributed by atoms with Gasteiger partial charge in [0.15, 0.2) is 11.5 Å². The van der Waals surface area contributed by atoms with Crippen LogP contribution in [0.25, 0.3) is 0 Å². The Balaban J connectivity index is 2.80. The molecule has 12 heavy (non-hydrogen) atoms. The van der Waals surface area contributed by atoms with Gasteiger partial charge in [-0.3, -0.25) is 0 Å². The first kappa shape index (κ1) is 8.62. The summed E-state index contributed by atoms with van der Waals surface area (Å²) in [5, 5.41) is 8.39.